The molecule has 0 spiro atoms. The first-order chi connectivity index (χ1) is 19.3. The monoisotopic (exact) mass is 582 g/mol. The van der Waals surface area contributed by atoms with Gasteiger partial charge in [0, 0.05) is 32.1 Å². The first kappa shape index (κ1) is 30.8. The Morgan fingerprint density at radius 3 is 2.34 bits per heavy atom. The van der Waals surface area contributed by atoms with Gasteiger partial charge in [-0.1, -0.05) is 48.5 Å². The van der Waals surface area contributed by atoms with Crippen molar-refractivity contribution in [3.8, 4) is 11.1 Å². The summed E-state index contributed by atoms with van der Waals surface area (Å²) in [4.78, 5) is 10.8. The molecule has 0 saturated carbocycles. The van der Waals surface area contributed by atoms with Crippen LogP contribution in [0.25, 0.3) is 11.1 Å². The molecule has 3 N–H and O–H groups in total. The number of carbonyl (C=O) groups is 1. The molecule has 1 unspecified atom stereocenters. The minimum absolute atomic E-state index is 0.0363. The van der Waals surface area contributed by atoms with Crippen LogP contribution in [0.3, 0.4) is 0 Å². The third-order valence-corrected chi connectivity index (χ3v) is 9.57. The molecule has 0 saturated heterocycles. The maximum absolute atomic E-state index is 14.6. The van der Waals surface area contributed by atoms with Crippen molar-refractivity contribution >= 4 is 16.0 Å². The zero-order valence-electron chi connectivity index (χ0n) is 23.8. The molecule has 0 aromatic heterocycles. The topological polar surface area (TPSA) is 107 Å². The average molecular weight is 583 g/mol. The summed E-state index contributed by atoms with van der Waals surface area (Å²) in [5.74, 6) is -1.02. The lowest BCUT2D eigenvalue weighted by atomic mass is 9.88. The molecule has 0 heterocycles. The van der Waals surface area contributed by atoms with Gasteiger partial charge in [-0.3, -0.25) is 4.79 Å². The van der Waals surface area contributed by atoms with Gasteiger partial charge in [0.2, 0.25) is 10.0 Å². The van der Waals surface area contributed by atoms with Crippen molar-refractivity contribution in [1.82, 2.24) is 9.62 Å². The molecule has 4 rings (SSSR count). The standard InChI is InChI=1S/C32H39FN2O5S/c1-32(2,19-22-15-24-7-4-5-8-25(24)16-22)34-20-28(36)21-35(3)41(39,40)29-10-6-9-26(17-29)27-12-11-23(30(33)18-27)13-14-31(37)38/h4-12,17-18,22,28,34,36H,13-16,19-21H2,1-3H3,(H,37,38). The summed E-state index contributed by atoms with van der Waals surface area (Å²) in [6.45, 7) is 4.38. The van der Waals surface area contributed by atoms with Gasteiger partial charge >= 0.3 is 5.97 Å². The van der Waals surface area contributed by atoms with Crippen molar-refractivity contribution in [2.24, 2.45) is 5.92 Å². The van der Waals surface area contributed by atoms with Crippen molar-refractivity contribution in [2.45, 2.75) is 62.5 Å². The van der Waals surface area contributed by atoms with E-state index >= 15 is 0 Å². The minimum Gasteiger partial charge on any atom is -0.481 e. The van der Waals surface area contributed by atoms with Crippen LogP contribution in [0.2, 0.25) is 0 Å². The predicted octanol–water partition coefficient (Wildman–Crippen LogP) is 4.66. The molecule has 0 fully saturated rings. The van der Waals surface area contributed by atoms with E-state index in [-0.39, 0.29) is 36.4 Å². The summed E-state index contributed by atoms with van der Waals surface area (Å²) >= 11 is 0. The van der Waals surface area contributed by atoms with Crippen LogP contribution >= 0.6 is 0 Å². The van der Waals surface area contributed by atoms with Crippen LogP contribution in [0, 0.1) is 11.7 Å². The lowest BCUT2D eigenvalue weighted by molar-refractivity contribution is -0.136. The van der Waals surface area contributed by atoms with Gasteiger partial charge in [-0.05, 0) is 91.5 Å². The molecular weight excluding hydrogens is 543 g/mol. The molecule has 3 aromatic rings. The highest BCUT2D eigenvalue weighted by molar-refractivity contribution is 7.89. The minimum atomic E-state index is -3.92. The van der Waals surface area contributed by atoms with Crippen molar-refractivity contribution in [1.29, 1.82) is 0 Å². The molecule has 41 heavy (non-hydrogen) atoms. The zero-order valence-corrected chi connectivity index (χ0v) is 24.6. The van der Waals surface area contributed by atoms with Gasteiger partial charge in [-0.25, -0.2) is 12.8 Å². The summed E-state index contributed by atoms with van der Waals surface area (Å²) < 4.78 is 42.4. The van der Waals surface area contributed by atoms with Gasteiger partial charge in [0.25, 0.3) is 0 Å². The number of fused-ring (bicyclic) bond motifs is 1. The third kappa shape index (κ3) is 8.01. The van der Waals surface area contributed by atoms with Gasteiger partial charge in [-0.2, -0.15) is 4.31 Å². The van der Waals surface area contributed by atoms with E-state index in [0.717, 1.165) is 23.6 Å². The van der Waals surface area contributed by atoms with Gasteiger partial charge in [0.15, 0.2) is 0 Å². The highest BCUT2D eigenvalue weighted by Gasteiger charge is 2.29. The van der Waals surface area contributed by atoms with E-state index in [1.54, 1.807) is 18.2 Å². The fourth-order valence-corrected chi connectivity index (χ4v) is 6.88. The molecule has 1 aliphatic carbocycles. The summed E-state index contributed by atoms with van der Waals surface area (Å²) in [7, 11) is -2.48. The van der Waals surface area contributed by atoms with E-state index in [9.17, 15) is 22.7 Å². The fourth-order valence-electron chi connectivity index (χ4n) is 5.63. The smallest absolute Gasteiger partial charge is 0.303 e. The second-order valence-electron chi connectivity index (χ2n) is 11.7. The molecule has 0 amide bonds. The van der Waals surface area contributed by atoms with E-state index in [4.69, 9.17) is 5.11 Å². The summed E-state index contributed by atoms with van der Waals surface area (Å²) in [6.07, 6.45) is 2.02. The fraction of sp³-hybridized carbons (Fsp3) is 0.406. The Labute approximate surface area is 242 Å². The first-order valence-corrected chi connectivity index (χ1v) is 15.3. The highest BCUT2D eigenvalue weighted by Crippen LogP contribution is 2.32. The molecule has 0 bridgehead atoms. The van der Waals surface area contributed by atoms with Gasteiger partial charge in [0.05, 0.1) is 11.0 Å². The number of nitrogens with one attached hydrogen (secondary N) is 1. The number of rotatable bonds is 13. The van der Waals surface area contributed by atoms with Crippen LogP contribution in [0.15, 0.2) is 71.6 Å². The number of aliphatic carboxylic acids is 1. The molecule has 7 nitrogen and oxygen atoms in total. The number of aliphatic hydroxyl groups is 1. The van der Waals surface area contributed by atoms with Gasteiger partial charge < -0.3 is 15.5 Å². The van der Waals surface area contributed by atoms with E-state index in [1.807, 2.05) is 0 Å². The molecule has 1 aliphatic rings. The van der Waals surface area contributed by atoms with E-state index in [0.29, 0.717) is 22.6 Å². The number of hydrogen-bond donors (Lipinski definition) is 3. The number of hydrogen-bond acceptors (Lipinski definition) is 5. The van der Waals surface area contributed by atoms with E-state index in [1.165, 1.54) is 42.4 Å². The van der Waals surface area contributed by atoms with Crippen LogP contribution in [0.5, 0.6) is 0 Å². The average Bonchev–Trinajstić information content (AvgIpc) is 3.32. The lowest BCUT2D eigenvalue weighted by Crippen LogP contribution is -2.47. The second kappa shape index (κ2) is 12.8. The van der Waals surface area contributed by atoms with Crippen molar-refractivity contribution in [3.63, 3.8) is 0 Å². The van der Waals surface area contributed by atoms with E-state index in [2.05, 4.69) is 43.4 Å². The number of sulfonamides is 1. The third-order valence-electron chi connectivity index (χ3n) is 7.76. The molecular formula is C32H39FN2O5S. The Morgan fingerprint density at radius 1 is 1.05 bits per heavy atom. The van der Waals surface area contributed by atoms with Gasteiger partial charge in [-0.15, -0.1) is 0 Å². The molecule has 3 aromatic carbocycles. The molecule has 0 radical (unpaired) electrons. The maximum atomic E-state index is 14.6. The van der Waals surface area contributed by atoms with Gasteiger partial charge in [0.1, 0.15) is 5.82 Å². The Balaban J connectivity index is 1.34. The number of β-amino-alcohol motifs (C(OH)–C–C–N with tert-alkyl or cyclic N) is 1. The van der Waals surface area contributed by atoms with Crippen molar-refractivity contribution in [3.05, 3.63) is 89.2 Å². The van der Waals surface area contributed by atoms with E-state index < -0.39 is 27.9 Å². The van der Waals surface area contributed by atoms with Crippen LogP contribution in [-0.2, 0) is 34.1 Å². The van der Waals surface area contributed by atoms with Crippen LogP contribution in [0.4, 0.5) is 4.39 Å². The van der Waals surface area contributed by atoms with Crippen LogP contribution < -0.4 is 5.32 Å². The number of likely N-dealkylation sites (N-methyl/N-ethyl adjacent to an activating group) is 1. The summed E-state index contributed by atoms with van der Waals surface area (Å²) in [5, 5.41) is 23.0. The lowest BCUT2D eigenvalue weighted by Gasteiger charge is -2.31. The number of halogens is 1. The van der Waals surface area contributed by atoms with Crippen molar-refractivity contribution < 1.29 is 27.8 Å². The molecule has 1 atom stereocenters. The second-order valence-corrected chi connectivity index (χ2v) is 13.7. The molecule has 220 valence electrons. The Hall–Kier alpha value is -3.11. The largest absolute Gasteiger partial charge is 0.481 e. The Morgan fingerprint density at radius 2 is 1.71 bits per heavy atom. The first-order valence-electron chi connectivity index (χ1n) is 13.9. The number of carboxylic acid groups (broad SMARTS) is 1. The molecule has 0 aliphatic heterocycles. The van der Waals surface area contributed by atoms with Crippen molar-refractivity contribution in [2.75, 3.05) is 20.1 Å². The number of aliphatic hydroxyl groups excluding tert-OH is 1. The SMILES string of the molecule is CN(CC(O)CNC(C)(C)CC1Cc2ccccc2C1)S(=O)(=O)c1cccc(-c2ccc(CCC(=O)O)c(F)c2)c1. The van der Waals surface area contributed by atoms with Crippen LogP contribution in [0.1, 0.15) is 43.4 Å². The summed E-state index contributed by atoms with van der Waals surface area (Å²) in [5.41, 5.74) is 3.88. The quantitative estimate of drug-likeness (QED) is 0.271. The number of nitrogens with zero attached hydrogens (tertiary/aromatic N) is 1. The number of carboxylic acids is 1. The number of aryl methyl sites for hydroxylation is 1. The Bertz CT molecular complexity index is 1470. The highest BCUT2D eigenvalue weighted by atomic mass is 32.2. The normalized spacial score (nSPS) is 14.8. The summed E-state index contributed by atoms with van der Waals surface area (Å²) in [6, 6.07) is 19.2. The number of benzene rings is 3. The maximum Gasteiger partial charge on any atom is 0.303 e. The van der Waals surface area contributed by atoms with Crippen LogP contribution in [-0.4, -0.2) is 60.7 Å². The zero-order chi connectivity index (χ0) is 29.8. The predicted molar refractivity (Wildman–Crippen MR) is 158 cm³/mol. The molecule has 9 heteroatoms. The Kier molecular flexibility index (Phi) is 9.64.